The highest BCUT2D eigenvalue weighted by molar-refractivity contribution is 6.32. The van der Waals surface area contributed by atoms with Crippen LogP contribution in [0.25, 0.3) is 17.1 Å². The summed E-state index contributed by atoms with van der Waals surface area (Å²) in [5.41, 5.74) is 7.08. The minimum absolute atomic E-state index is 0.0178. The lowest BCUT2D eigenvalue weighted by molar-refractivity contribution is 0.475. The number of nitrogens with two attached hydrogens (primary N) is 1. The standard InChI is InChI=1S/C14H12ClN5O/c1-8-17-4-5-20(8)14-13(18-7-12(16)19-14)9-2-3-11(21)10(15)6-9/h2-7,21H,1H3,(H2,16,19). The van der Waals surface area contributed by atoms with E-state index in [9.17, 15) is 5.11 Å². The van der Waals surface area contributed by atoms with Crippen LogP contribution >= 0.6 is 11.6 Å². The van der Waals surface area contributed by atoms with Crippen molar-refractivity contribution in [1.82, 2.24) is 19.5 Å². The second kappa shape index (κ2) is 5.06. The molecule has 6 nitrogen and oxygen atoms in total. The van der Waals surface area contributed by atoms with E-state index in [4.69, 9.17) is 17.3 Å². The zero-order chi connectivity index (χ0) is 15.0. The first kappa shape index (κ1) is 13.4. The number of aromatic hydroxyl groups is 1. The third-order valence-corrected chi connectivity index (χ3v) is 3.35. The molecule has 3 rings (SSSR count). The van der Waals surface area contributed by atoms with E-state index in [-0.39, 0.29) is 10.8 Å². The first-order chi connectivity index (χ1) is 10.1. The van der Waals surface area contributed by atoms with Crippen LogP contribution in [0, 0.1) is 6.92 Å². The van der Waals surface area contributed by atoms with Gasteiger partial charge in [0.1, 0.15) is 23.1 Å². The van der Waals surface area contributed by atoms with E-state index in [0.717, 1.165) is 11.4 Å². The van der Waals surface area contributed by atoms with Crippen molar-refractivity contribution in [1.29, 1.82) is 0 Å². The van der Waals surface area contributed by atoms with Crippen LogP contribution < -0.4 is 5.73 Å². The molecule has 2 heterocycles. The van der Waals surface area contributed by atoms with Gasteiger partial charge < -0.3 is 10.8 Å². The number of nitrogens with zero attached hydrogens (tertiary/aromatic N) is 4. The molecular weight excluding hydrogens is 290 g/mol. The molecule has 0 spiro atoms. The van der Waals surface area contributed by atoms with Gasteiger partial charge in [0.15, 0.2) is 5.82 Å². The Hall–Kier alpha value is -2.60. The third-order valence-electron chi connectivity index (χ3n) is 3.05. The molecule has 0 fully saturated rings. The molecule has 0 radical (unpaired) electrons. The second-order valence-electron chi connectivity index (χ2n) is 4.48. The molecule has 2 aromatic heterocycles. The van der Waals surface area contributed by atoms with Crippen LogP contribution in [0.5, 0.6) is 5.75 Å². The molecule has 0 unspecified atom stereocenters. The number of hydrogen-bond acceptors (Lipinski definition) is 5. The van der Waals surface area contributed by atoms with Gasteiger partial charge >= 0.3 is 0 Å². The Balaban J connectivity index is 2.23. The van der Waals surface area contributed by atoms with Gasteiger partial charge in [-0.3, -0.25) is 4.57 Å². The van der Waals surface area contributed by atoms with Gasteiger partial charge in [-0.1, -0.05) is 11.6 Å². The van der Waals surface area contributed by atoms with Gasteiger partial charge in [0, 0.05) is 18.0 Å². The highest BCUT2D eigenvalue weighted by Crippen LogP contribution is 2.31. The van der Waals surface area contributed by atoms with Gasteiger partial charge in [-0.2, -0.15) is 0 Å². The number of nitrogen functional groups attached to an aromatic ring is 1. The zero-order valence-corrected chi connectivity index (χ0v) is 11.9. The van der Waals surface area contributed by atoms with Crippen LogP contribution in [0.3, 0.4) is 0 Å². The third kappa shape index (κ3) is 2.41. The van der Waals surface area contributed by atoms with Gasteiger partial charge in [0.2, 0.25) is 0 Å². The van der Waals surface area contributed by atoms with Crippen LogP contribution in [-0.2, 0) is 0 Å². The molecule has 0 saturated heterocycles. The fourth-order valence-electron chi connectivity index (χ4n) is 2.02. The molecule has 21 heavy (non-hydrogen) atoms. The van der Waals surface area contributed by atoms with E-state index in [1.54, 1.807) is 29.1 Å². The van der Waals surface area contributed by atoms with Gasteiger partial charge in [-0.15, -0.1) is 0 Å². The number of phenols is 1. The first-order valence-electron chi connectivity index (χ1n) is 6.18. The maximum atomic E-state index is 9.53. The molecule has 0 aliphatic rings. The van der Waals surface area contributed by atoms with Crippen molar-refractivity contribution in [2.24, 2.45) is 0 Å². The molecule has 1 aromatic carbocycles. The highest BCUT2D eigenvalue weighted by Gasteiger charge is 2.14. The van der Waals surface area contributed by atoms with Crippen molar-refractivity contribution in [3.8, 4) is 22.8 Å². The van der Waals surface area contributed by atoms with Crippen LogP contribution in [0.4, 0.5) is 5.82 Å². The molecule has 0 aliphatic heterocycles. The number of aryl methyl sites for hydroxylation is 1. The molecule has 0 bridgehead atoms. The number of benzene rings is 1. The highest BCUT2D eigenvalue weighted by atomic mass is 35.5. The first-order valence-corrected chi connectivity index (χ1v) is 6.56. The van der Waals surface area contributed by atoms with E-state index in [1.807, 2.05) is 6.92 Å². The summed E-state index contributed by atoms with van der Waals surface area (Å²) in [7, 11) is 0. The van der Waals surface area contributed by atoms with E-state index in [0.29, 0.717) is 17.3 Å². The van der Waals surface area contributed by atoms with Crippen molar-refractivity contribution in [3.63, 3.8) is 0 Å². The number of anilines is 1. The zero-order valence-electron chi connectivity index (χ0n) is 11.2. The molecule has 106 valence electrons. The van der Waals surface area contributed by atoms with Crippen molar-refractivity contribution in [2.75, 3.05) is 5.73 Å². The second-order valence-corrected chi connectivity index (χ2v) is 4.88. The fourth-order valence-corrected chi connectivity index (χ4v) is 2.20. The molecular formula is C14H12ClN5O. The van der Waals surface area contributed by atoms with E-state index in [2.05, 4.69) is 15.0 Å². The van der Waals surface area contributed by atoms with Gasteiger partial charge in [-0.05, 0) is 25.1 Å². The van der Waals surface area contributed by atoms with Crippen LogP contribution in [0.15, 0.2) is 36.8 Å². The summed E-state index contributed by atoms with van der Waals surface area (Å²) in [6.07, 6.45) is 4.93. The molecule has 0 atom stereocenters. The minimum atomic E-state index is 0.0178. The lowest BCUT2D eigenvalue weighted by atomic mass is 10.1. The van der Waals surface area contributed by atoms with E-state index >= 15 is 0 Å². The summed E-state index contributed by atoms with van der Waals surface area (Å²) in [5, 5.41) is 9.78. The molecule has 7 heteroatoms. The lowest BCUT2D eigenvalue weighted by Gasteiger charge is -2.11. The number of hydrogen-bond donors (Lipinski definition) is 2. The summed E-state index contributed by atoms with van der Waals surface area (Å²) in [6, 6.07) is 4.87. The van der Waals surface area contributed by atoms with Crippen molar-refractivity contribution < 1.29 is 5.11 Å². The predicted octanol–water partition coefficient (Wildman–Crippen LogP) is 2.58. The molecule has 3 N–H and O–H groups in total. The maximum absolute atomic E-state index is 9.53. The summed E-state index contributed by atoms with van der Waals surface area (Å²) in [5.74, 6) is 1.66. The van der Waals surface area contributed by atoms with E-state index < -0.39 is 0 Å². The largest absolute Gasteiger partial charge is 0.506 e. The van der Waals surface area contributed by atoms with Crippen molar-refractivity contribution >= 4 is 17.4 Å². The molecule has 0 amide bonds. The monoisotopic (exact) mass is 301 g/mol. The maximum Gasteiger partial charge on any atom is 0.167 e. The Labute approximate surface area is 125 Å². The van der Waals surface area contributed by atoms with Crippen LogP contribution in [0.1, 0.15) is 5.82 Å². The van der Waals surface area contributed by atoms with Gasteiger partial charge in [0.25, 0.3) is 0 Å². The predicted molar refractivity (Wildman–Crippen MR) is 80.4 cm³/mol. The molecule has 0 saturated carbocycles. The summed E-state index contributed by atoms with van der Waals surface area (Å²) >= 11 is 5.96. The summed E-state index contributed by atoms with van der Waals surface area (Å²) in [6.45, 7) is 1.86. The summed E-state index contributed by atoms with van der Waals surface area (Å²) < 4.78 is 1.79. The lowest BCUT2D eigenvalue weighted by Crippen LogP contribution is -2.05. The Kier molecular flexibility index (Phi) is 3.23. The normalized spacial score (nSPS) is 10.8. The Morgan fingerprint density at radius 1 is 1.29 bits per heavy atom. The van der Waals surface area contributed by atoms with Crippen LogP contribution in [0.2, 0.25) is 5.02 Å². The SMILES string of the molecule is Cc1nccn1-c1nc(N)cnc1-c1ccc(O)c(Cl)c1. The van der Waals surface area contributed by atoms with Gasteiger partial charge in [-0.25, -0.2) is 15.0 Å². The Morgan fingerprint density at radius 2 is 2.10 bits per heavy atom. The smallest absolute Gasteiger partial charge is 0.167 e. The molecule has 0 aliphatic carbocycles. The Bertz CT molecular complexity index is 815. The quantitative estimate of drug-likeness (QED) is 0.759. The van der Waals surface area contributed by atoms with Crippen molar-refractivity contribution in [2.45, 2.75) is 6.92 Å². The van der Waals surface area contributed by atoms with Crippen molar-refractivity contribution in [3.05, 3.63) is 47.6 Å². The Morgan fingerprint density at radius 3 is 2.76 bits per heavy atom. The topological polar surface area (TPSA) is 89.9 Å². The number of phenolic OH excluding ortho intramolecular Hbond substituents is 1. The van der Waals surface area contributed by atoms with Gasteiger partial charge in [0.05, 0.1) is 11.2 Å². The average Bonchev–Trinajstić information content (AvgIpc) is 2.88. The fraction of sp³-hybridized carbons (Fsp3) is 0.0714. The summed E-state index contributed by atoms with van der Waals surface area (Å²) in [4.78, 5) is 12.9. The number of imidazole rings is 1. The van der Waals surface area contributed by atoms with E-state index in [1.165, 1.54) is 12.3 Å². The molecule has 3 aromatic rings. The number of halogens is 1. The minimum Gasteiger partial charge on any atom is -0.506 e. The number of rotatable bonds is 2. The van der Waals surface area contributed by atoms with Crippen LogP contribution in [-0.4, -0.2) is 24.6 Å². The number of aromatic nitrogens is 4. The average molecular weight is 302 g/mol.